The zero-order valence-corrected chi connectivity index (χ0v) is 12.6. The second-order valence-electron chi connectivity index (χ2n) is 5.11. The van der Waals surface area contributed by atoms with Crippen LogP contribution in [-0.4, -0.2) is 24.6 Å². The molecule has 3 N–H and O–H groups in total. The largest absolute Gasteiger partial charge is 0.481 e. The third kappa shape index (κ3) is 4.39. The zero-order valence-electron chi connectivity index (χ0n) is 11.7. The van der Waals surface area contributed by atoms with Crippen LogP contribution in [0.1, 0.15) is 26.2 Å². The van der Waals surface area contributed by atoms with Gasteiger partial charge in [0.2, 0.25) is 0 Å². The Balaban J connectivity index is 0.00000200. The lowest BCUT2D eigenvalue weighted by Crippen LogP contribution is -2.45. The van der Waals surface area contributed by atoms with Crippen LogP contribution in [0, 0.1) is 5.92 Å². The summed E-state index contributed by atoms with van der Waals surface area (Å²) in [7, 11) is 0. The molecule has 0 bridgehead atoms. The minimum absolute atomic E-state index is 0. The van der Waals surface area contributed by atoms with Gasteiger partial charge in [0, 0.05) is 6.04 Å². The van der Waals surface area contributed by atoms with Crippen LogP contribution in [0.5, 0.6) is 5.75 Å². The predicted octanol–water partition coefficient (Wildman–Crippen LogP) is 2.12. The monoisotopic (exact) mass is 298 g/mol. The number of para-hydroxylation sites is 1. The summed E-state index contributed by atoms with van der Waals surface area (Å²) in [6.07, 6.45) is 2.78. The lowest BCUT2D eigenvalue weighted by molar-refractivity contribution is -0.128. The molecule has 20 heavy (non-hydrogen) atoms. The van der Waals surface area contributed by atoms with Crippen molar-refractivity contribution in [1.29, 1.82) is 0 Å². The Morgan fingerprint density at radius 3 is 2.75 bits per heavy atom. The molecule has 1 fully saturated rings. The van der Waals surface area contributed by atoms with Crippen LogP contribution in [0.3, 0.4) is 0 Å². The Kier molecular flexibility index (Phi) is 6.82. The fourth-order valence-corrected chi connectivity index (χ4v) is 2.57. The Morgan fingerprint density at radius 1 is 1.40 bits per heavy atom. The molecule has 1 aromatic rings. The number of nitrogens with two attached hydrogens (primary N) is 1. The minimum Gasteiger partial charge on any atom is -0.481 e. The van der Waals surface area contributed by atoms with Gasteiger partial charge in [0.05, 0.1) is 0 Å². The second-order valence-corrected chi connectivity index (χ2v) is 5.11. The van der Waals surface area contributed by atoms with Gasteiger partial charge in [0.15, 0.2) is 6.10 Å². The first-order chi connectivity index (χ1) is 9.20. The Morgan fingerprint density at radius 2 is 2.10 bits per heavy atom. The van der Waals surface area contributed by atoms with Crippen LogP contribution >= 0.6 is 12.4 Å². The van der Waals surface area contributed by atoms with E-state index in [2.05, 4.69) is 5.32 Å². The van der Waals surface area contributed by atoms with Crippen molar-refractivity contribution in [3.63, 3.8) is 0 Å². The van der Waals surface area contributed by atoms with Gasteiger partial charge in [-0.1, -0.05) is 24.6 Å². The van der Waals surface area contributed by atoms with Gasteiger partial charge in [-0.05, 0) is 44.4 Å². The topological polar surface area (TPSA) is 64.3 Å². The first kappa shape index (κ1) is 16.8. The van der Waals surface area contributed by atoms with Crippen LogP contribution in [0.25, 0.3) is 0 Å². The number of amides is 1. The highest BCUT2D eigenvalue weighted by atomic mass is 35.5. The molecular weight excluding hydrogens is 276 g/mol. The Hall–Kier alpha value is -1.26. The minimum atomic E-state index is -0.485. The summed E-state index contributed by atoms with van der Waals surface area (Å²) in [5.74, 6) is 1.06. The number of nitrogens with one attached hydrogen (secondary N) is 1. The summed E-state index contributed by atoms with van der Waals surface area (Å²) in [6, 6.07) is 9.61. The average molecular weight is 299 g/mol. The number of hydrogen-bond donors (Lipinski definition) is 2. The third-order valence-corrected chi connectivity index (χ3v) is 3.71. The van der Waals surface area contributed by atoms with E-state index in [-0.39, 0.29) is 24.4 Å². The number of ether oxygens (including phenoxy) is 1. The number of hydrogen-bond acceptors (Lipinski definition) is 3. The Labute approximate surface area is 126 Å². The van der Waals surface area contributed by atoms with Crippen molar-refractivity contribution < 1.29 is 9.53 Å². The highest BCUT2D eigenvalue weighted by molar-refractivity contribution is 5.85. The highest BCUT2D eigenvalue weighted by Gasteiger charge is 2.29. The summed E-state index contributed by atoms with van der Waals surface area (Å²) in [4.78, 5) is 12.1. The fraction of sp³-hybridized carbons (Fsp3) is 0.533. The maximum absolute atomic E-state index is 12.1. The van der Waals surface area contributed by atoms with E-state index in [9.17, 15) is 4.79 Å². The normalized spacial score (nSPS) is 22.7. The summed E-state index contributed by atoms with van der Waals surface area (Å²) in [5, 5.41) is 3.06. The summed E-state index contributed by atoms with van der Waals surface area (Å²) < 4.78 is 5.61. The molecule has 2 rings (SSSR count). The van der Waals surface area contributed by atoms with Crippen molar-refractivity contribution in [2.24, 2.45) is 11.7 Å². The zero-order chi connectivity index (χ0) is 13.7. The first-order valence-electron chi connectivity index (χ1n) is 6.93. The van der Waals surface area contributed by atoms with Crippen LogP contribution in [0.15, 0.2) is 30.3 Å². The van der Waals surface area contributed by atoms with E-state index in [1.54, 1.807) is 6.92 Å². The molecule has 4 nitrogen and oxygen atoms in total. The molecule has 3 unspecified atom stereocenters. The fourth-order valence-electron chi connectivity index (χ4n) is 2.57. The van der Waals surface area contributed by atoms with E-state index >= 15 is 0 Å². The van der Waals surface area contributed by atoms with Crippen LogP contribution < -0.4 is 15.8 Å². The van der Waals surface area contributed by atoms with Gasteiger partial charge in [-0.15, -0.1) is 12.4 Å². The van der Waals surface area contributed by atoms with E-state index < -0.39 is 6.10 Å². The number of halogens is 1. The summed E-state index contributed by atoms with van der Waals surface area (Å²) in [6.45, 7) is 2.41. The molecule has 3 atom stereocenters. The molecule has 1 amide bonds. The molecule has 0 radical (unpaired) electrons. The molecular formula is C15H23ClN2O2. The molecule has 1 aliphatic carbocycles. The first-order valence-corrected chi connectivity index (χ1v) is 6.93. The van der Waals surface area contributed by atoms with Gasteiger partial charge in [-0.2, -0.15) is 0 Å². The Bertz CT molecular complexity index is 414. The molecule has 5 heteroatoms. The van der Waals surface area contributed by atoms with Crippen LogP contribution in [0.4, 0.5) is 0 Å². The molecule has 1 aromatic carbocycles. The van der Waals surface area contributed by atoms with E-state index in [4.69, 9.17) is 10.5 Å². The lowest BCUT2D eigenvalue weighted by Gasteiger charge is -2.22. The summed E-state index contributed by atoms with van der Waals surface area (Å²) >= 11 is 0. The highest BCUT2D eigenvalue weighted by Crippen LogP contribution is 2.24. The molecule has 0 heterocycles. The van der Waals surface area contributed by atoms with Crippen LogP contribution in [-0.2, 0) is 4.79 Å². The number of carbonyl (C=O) groups excluding carboxylic acids is 1. The molecule has 112 valence electrons. The molecule has 0 saturated heterocycles. The van der Waals surface area contributed by atoms with Crippen molar-refractivity contribution in [1.82, 2.24) is 5.32 Å². The SMILES string of the molecule is CC(Oc1ccccc1)C(=O)NC1CCCC1CN.Cl. The van der Waals surface area contributed by atoms with Crippen molar-refractivity contribution in [3.05, 3.63) is 30.3 Å². The second kappa shape index (κ2) is 8.12. The smallest absolute Gasteiger partial charge is 0.261 e. The van der Waals surface area contributed by atoms with Crippen LogP contribution in [0.2, 0.25) is 0 Å². The maximum atomic E-state index is 12.1. The molecule has 0 aliphatic heterocycles. The average Bonchev–Trinajstić information content (AvgIpc) is 2.87. The molecule has 0 spiro atoms. The van der Waals surface area contributed by atoms with Gasteiger partial charge >= 0.3 is 0 Å². The van der Waals surface area contributed by atoms with Crippen molar-refractivity contribution in [3.8, 4) is 5.75 Å². The van der Waals surface area contributed by atoms with Gasteiger partial charge in [0.1, 0.15) is 5.75 Å². The molecule has 1 aliphatic rings. The third-order valence-electron chi connectivity index (χ3n) is 3.71. The van der Waals surface area contributed by atoms with Gasteiger partial charge < -0.3 is 15.8 Å². The van der Waals surface area contributed by atoms with Crippen molar-refractivity contribution >= 4 is 18.3 Å². The van der Waals surface area contributed by atoms with Crippen molar-refractivity contribution in [2.75, 3.05) is 6.54 Å². The van der Waals surface area contributed by atoms with E-state index in [0.29, 0.717) is 18.2 Å². The number of benzene rings is 1. The maximum Gasteiger partial charge on any atom is 0.261 e. The molecule has 0 aromatic heterocycles. The van der Waals surface area contributed by atoms with Gasteiger partial charge in [0.25, 0.3) is 5.91 Å². The van der Waals surface area contributed by atoms with Gasteiger partial charge in [-0.3, -0.25) is 4.79 Å². The standard InChI is InChI=1S/C15H22N2O2.ClH/c1-11(19-13-7-3-2-4-8-13)15(18)17-14-9-5-6-12(14)10-16;/h2-4,7-8,11-12,14H,5-6,9-10,16H2,1H3,(H,17,18);1H. The van der Waals surface area contributed by atoms with Gasteiger partial charge in [-0.25, -0.2) is 0 Å². The van der Waals surface area contributed by atoms with E-state index in [1.807, 2.05) is 30.3 Å². The number of carbonyl (C=O) groups is 1. The predicted molar refractivity (Wildman–Crippen MR) is 82.1 cm³/mol. The number of rotatable bonds is 5. The van der Waals surface area contributed by atoms with Crippen molar-refractivity contribution in [2.45, 2.75) is 38.3 Å². The quantitative estimate of drug-likeness (QED) is 0.875. The summed E-state index contributed by atoms with van der Waals surface area (Å²) in [5.41, 5.74) is 5.72. The molecule has 1 saturated carbocycles. The van der Waals surface area contributed by atoms with E-state index in [0.717, 1.165) is 19.3 Å². The lowest BCUT2D eigenvalue weighted by atomic mass is 10.0. The van der Waals surface area contributed by atoms with E-state index in [1.165, 1.54) is 0 Å².